The molecule has 3 atom stereocenters. The van der Waals surface area contributed by atoms with Gasteiger partial charge in [0.25, 0.3) is 5.91 Å². The third-order valence-corrected chi connectivity index (χ3v) is 11.1. The number of rotatable bonds is 24. The van der Waals surface area contributed by atoms with E-state index in [9.17, 15) is 20.1 Å². The summed E-state index contributed by atoms with van der Waals surface area (Å²) in [5.74, 6) is -0.585. The topological polar surface area (TPSA) is 81.0 Å². The Hall–Kier alpha value is -2.99. The molecule has 3 unspecified atom stereocenters. The van der Waals surface area contributed by atoms with Crippen molar-refractivity contribution in [3.05, 3.63) is 108 Å². The van der Waals surface area contributed by atoms with Crippen LogP contribution in [0, 0.1) is 0 Å². The summed E-state index contributed by atoms with van der Waals surface area (Å²) >= 11 is 0. The Labute approximate surface area is 303 Å². The van der Waals surface area contributed by atoms with Crippen LogP contribution in [0.2, 0.25) is 0 Å². The van der Waals surface area contributed by atoms with Crippen LogP contribution in [0.15, 0.2) is 91.0 Å². The Kier molecular flexibility index (Phi) is 17.0. The highest BCUT2D eigenvalue weighted by atomic mass is 16.4. The molecule has 0 aliphatic carbocycles. The number of benzene rings is 3. The molecule has 0 radical (unpaired) electrons. The number of likely N-dealkylation sites (tertiary alicyclic amines) is 1. The van der Waals surface area contributed by atoms with Crippen LogP contribution in [-0.2, 0) is 10.2 Å². The number of carbonyl (C=O) groups excluding carboxylic acids is 1. The van der Waals surface area contributed by atoms with Crippen LogP contribution in [0.25, 0.3) is 0 Å². The molecule has 50 heavy (non-hydrogen) atoms. The molecule has 1 amide bonds. The monoisotopic (exact) mass is 683 g/mol. The molecule has 3 N–H and O–H groups in total. The number of nitrogens with zero attached hydrogens (tertiary/aromatic N) is 1. The normalized spacial score (nSPS) is 15.9. The molecule has 3 aromatic rings. The zero-order valence-corrected chi connectivity index (χ0v) is 30.9. The first kappa shape index (κ1) is 39.8. The summed E-state index contributed by atoms with van der Waals surface area (Å²) in [6.45, 7) is 3.29. The van der Waals surface area contributed by atoms with Gasteiger partial charge in [-0.3, -0.25) is 4.79 Å². The van der Waals surface area contributed by atoms with E-state index in [1.54, 1.807) is 4.90 Å². The van der Waals surface area contributed by atoms with Crippen LogP contribution in [0.3, 0.4) is 0 Å². The van der Waals surface area contributed by atoms with Crippen molar-refractivity contribution in [2.24, 2.45) is 0 Å². The molecule has 1 saturated heterocycles. The van der Waals surface area contributed by atoms with Crippen molar-refractivity contribution >= 4 is 5.91 Å². The van der Waals surface area contributed by atoms with E-state index < -0.39 is 29.1 Å². The molecule has 1 fully saturated rings. The van der Waals surface area contributed by atoms with Gasteiger partial charge in [-0.15, -0.1) is 0 Å². The molecule has 0 bridgehead atoms. The van der Waals surface area contributed by atoms with E-state index >= 15 is 0 Å². The molecule has 274 valence electrons. The van der Waals surface area contributed by atoms with E-state index in [0.29, 0.717) is 19.5 Å². The van der Waals surface area contributed by atoms with Crippen molar-refractivity contribution in [2.45, 2.75) is 152 Å². The number of hydrogen-bond acceptors (Lipinski definition) is 4. The van der Waals surface area contributed by atoms with Gasteiger partial charge < -0.3 is 20.2 Å². The van der Waals surface area contributed by atoms with Crippen LogP contribution in [-0.4, -0.2) is 57.0 Å². The molecule has 1 aliphatic heterocycles. The summed E-state index contributed by atoms with van der Waals surface area (Å²) in [4.78, 5) is 16.0. The quantitative estimate of drug-likeness (QED) is 0.0649. The SMILES string of the molecule is CCCCCCCCCCCCCCCCCCC(O)C(O)(C(=O)N1CCCC1)C(O)C(c1ccccc1)(c1ccccc1)c1ccccc1. The number of amides is 1. The van der Waals surface area contributed by atoms with Gasteiger partial charge in [-0.2, -0.15) is 0 Å². The highest BCUT2D eigenvalue weighted by Gasteiger charge is 2.60. The maximum absolute atomic E-state index is 14.4. The van der Waals surface area contributed by atoms with E-state index in [1.807, 2.05) is 91.0 Å². The van der Waals surface area contributed by atoms with Gasteiger partial charge in [0.1, 0.15) is 6.10 Å². The maximum atomic E-state index is 14.4. The average Bonchev–Trinajstić information content (AvgIpc) is 3.71. The van der Waals surface area contributed by atoms with Crippen LogP contribution in [0.1, 0.15) is 146 Å². The number of carbonyl (C=O) groups is 1. The summed E-state index contributed by atoms with van der Waals surface area (Å²) in [6.07, 6.45) is 18.8. The lowest BCUT2D eigenvalue weighted by Crippen LogP contribution is -2.68. The zero-order valence-electron chi connectivity index (χ0n) is 30.9. The summed E-state index contributed by atoms with van der Waals surface area (Å²) in [5.41, 5.74) is -1.53. The Morgan fingerprint density at radius 3 is 1.28 bits per heavy atom. The van der Waals surface area contributed by atoms with Crippen molar-refractivity contribution in [1.82, 2.24) is 4.90 Å². The van der Waals surface area contributed by atoms with Crippen LogP contribution < -0.4 is 0 Å². The molecule has 0 spiro atoms. The second-order valence-electron chi connectivity index (χ2n) is 14.7. The van der Waals surface area contributed by atoms with Gasteiger partial charge in [0.15, 0.2) is 5.60 Å². The molecule has 4 rings (SSSR count). The van der Waals surface area contributed by atoms with Gasteiger partial charge in [-0.1, -0.05) is 201 Å². The molecular formula is C45H65NO4. The highest BCUT2D eigenvalue weighted by molar-refractivity contribution is 5.87. The summed E-state index contributed by atoms with van der Waals surface area (Å²) in [5, 5.41) is 37.5. The van der Waals surface area contributed by atoms with Gasteiger partial charge in [-0.25, -0.2) is 0 Å². The Balaban J connectivity index is 1.42. The standard InChI is InChI=1S/C45H65NO4/c1-2-3-4-5-6-7-8-9-10-11-12-13-14-15-16-26-35-41(47)45(50,43(49)46-36-27-28-37-46)42(48)44(38-29-20-17-21-30-38,39-31-22-18-23-32-39)40-33-24-19-25-34-40/h17-25,29-34,41-42,47-48,50H,2-16,26-28,35-37H2,1H3. The van der Waals surface area contributed by atoms with Crippen LogP contribution in [0.4, 0.5) is 0 Å². The van der Waals surface area contributed by atoms with E-state index in [-0.39, 0.29) is 6.42 Å². The Bertz CT molecular complexity index is 1230. The third kappa shape index (κ3) is 10.3. The van der Waals surface area contributed by atoms with Crippen LogP contribution in [0.5, 0.6) is 0 Å². The predicted octanol–water partition coefficient (Wildman–Crippen LogP) is 9.75. The van der Waals surface area contributed by atoms with E-state index in [1.165, 1.54) is 77.0 Å². The zero-order chi connectivity index (χ0) is 35.5. The van der Waals surface area contributed by atoms with E-state index in [4.69, 9.17) is 0 Å². The fourth-order valence-electron chi connectivity index (χ4n) is 8.13. The second-order valence-corrected chi connectivity index (χ2v) is 14.7. The predicted molar refractivity (Wildman–Crippen MR) is 206 cm³/mol. The summed E-state index contributed by atoms with van der Waals surface area (Å²) < 4.78 is 0. The molecule has 0 saturated carbocycles. The lowest BCUT2D eigenvalue weighted by Gasteiger charge is -2.48. The van der Waals surface area contributed by atoms with Crippen LogP contribution >= 0.6 is 0 Å². The molecule has 1 aliphatic rings. The minimum Gasteiger partial charge on any atom is -0.389 e. The van der Waals surface area contributed by atoms with Crippen molar-refractivity contribution in [3.63, 3.8) is 0 Å². The summed E-state index contributed by atoms with van der Waals surface area (Å²) in [7, 11) is 0. The fraction of sp³-hybridized carbons (Fsp3) is 0.578. The number of aliphatic hydroxyl groups is 3. The molecular weight excluding hydrogens is 618 g/mol. The first-order valence-corrected chi connectivity index (χ1v) is 20.0. The third-order valence-electron chi connectivity index (χ3n) is 11.1. The summed E-state index contributed by atoms with van der Waals surface area (Å²) in [6, 6.07) is 28.9. The second kappa shape index (κ2) is 21.4. The van der Waals surface area contributed by atoms with E-state index in [0.717, 1.165) is 48.8 Å². The van der Waals surface area contributed by atoms with Gasteiger partial charge in [0, 0.05) is 13.1 Å². The van der Waals surface area contributed by atoms with Gasteiger partial charge in [0.05, 0.1) is 11.5 Å². The van der Waals surface area contributed by atoms with Gasteiger partial charge in [0.2, 0.25) is 0 Å². The molecule has 1 heterocycles. The van der Waals surface area contributed by atoms with Crippen molar-refractivity contribution < 1.29 is 20.1 Å². The Morgan fingerprint density at radius 1 is 0.580 bits per heavy atom. The smallest absolute Gasteiger partial charge is 0.260 e. The minimum absolute atomic E-state index is 0.236. The van der Waals surface area contributed by atoms with Gasteiger partial charge in [-0.05, 0) is 36.0 Å². The maximum Gasteiger partial charge on any atom is 0.260 e. The number of aliphatic hydroxyl groups excluding tert-OH is 2. The van der Waals surface area contributed by atoms with E-state index in [2.05, 4.69) is 6.92 Å². The average molecular weight is 684 g/mol. The lowest BCUT2D eigenvalue weighted by molar-refractivity contribution is -0.191. The number of hydrogen-bond donors (Lipinski definition) is 3. The first-order valence-electron chi connectivity index (χ1n) is 20.0. The molecule has 3 aromatic carbocycles. The largest absolute Gasteiger partial charge is 0.389 e. The molecule has 5 nitrogen and oxygen atoms in total. The lowest BCUT2D eigenvalue weighted by atomic mass is 9.60. The molecule has 5 heteroatoms. The minimum atomic E-state index is -2.43. The highest BCUT2D eigenvalue weighted by Crippen LogP contribution is 2.47. The van der Waals surface area contributed by atoms with Gasteiger partial charge >= 0.3 is 0 Å². The molecule has 0 aromatic heterocycles. The van der Waals surface area contributed by atoms with Crippen molar-refractivity contribution in [2.75, 3.05) is 13.1 Å². The Morgan fingerprint density at radius 2 is 0.920 bits per heavy atom. The number of unbranched alkanes of at least 4 members (excludes halogenated alkanes) is 15. The fourth-order valence-corrected chi connectivity index (χ4v) is 8.13. The van der Waals surface area contributed by atoms with Crippen molar-refractivity contribution in [1.29, 1.82) is 0 Å². The van der Waals surface area contributed by atoms with Crippen molar-refractivity contribution in [3.8, 4) is 0 Å². The first-order chi connectivity index (χ1) is 24.5.